The first-order chi connectivity index (χ1) is 9.13. The fourth-order valence-corrected chi connectivity index (χ4v) is 1.73. The van der Waals surface area contributed by atoms with E-state index < -0.39 is 4.92 Å². The third-order valence-corrected chi connectivity index (χ3v) is 2.66. The fraction of sp³-hybridized carbons (Fsp3) is 0.231. The topological polar surface area (TPSA) is 85.1 Å². The molecule has 1 heterocycles. The molecule has 0 saturated carbocycles. The van der Waals surface area contributed by atoms with E-state index in [0.29, 0.717) is 11.9 Å². The lowest BCUT2D eigenvalue weighted by atomic mass is 10.1. The van der Waals surface area contributed by atoms with E-state index in [0.717, 1.165) is 6.42 Å². The molecule has 0 spiro atoms. The van der Waals surface area contributed by atoms with Crippen LogP contribution in [0.4, 0.5) is 5.69 Å². The van der Waals surface area contributed by atoms with Crippen molar-refractivity contribution < 1.29 is 9.72 Å². The van der Waals surface area contributed by atoms with Gasteiger partial charge in [0.2, 0.25) is 0 Å². The maximum atomic E-state index is 11.8. The zero-order valence-corrected chi connectivity index (χ0v) is 10.4. The number of carbonyl (C=O) groups is 1. The fourth-order valence-electron chi connectivity index (χ4n) is 1.73. The highest BCUT2D eigenvalue weighted by atomic mass is 16.6. The molecule has 0 unspecified atom stereocenters. The number of pyridine rings is 1. The zero-order valence-electron chi connectivity index (χ0n) is 10.4. The summed E-state index contributed by atoms with van der Waals surface area (Å²) in [6, 6.07) is 7.93. The number of amides is 1. The van der Waals surface area contributed by atoms with E-state index in [-0.39, 0.29) is 22.8 Å². The van der Waals surface area contributed by atoms with Gasteiger partial charge in [-0.3, -0.25) is 14.9 Å². The van der Waals surface area contributed by atoms with E-state index in [1.807, 2.05) is 6.92 Å². The van der Waals surface area contributed by atoms with Gasteiger partial charge in [-0.1, -0.05) is 25.1 Å². The van der Waals surface area contributed by atoms with Crippen molar-refractivity contribution in [2.45, 2.75) is 13.3 Å². The number of rotatable bonds is 4. The van der Waals surface area contributed by atoms with E-state index in [1.165, 1.54) is 6.07 Å². The zero-order chi connectivity index (χ0) is 13.8. The summed E-state index contributed by atoms with van der Waals surface area (Å²) in [6.45, 7) is 2.49. The molecule has 0 bridgehead atoms. The van der Waals surface area contributed by atoms with Gasteiger partial charge in [0.25, 0.3) is 11.6 Å². The number of para-hydroxylation sites is 1. The first kappa shape index (κ1) is 12.9. The number of carbonyl (C=O) groups excluding carboxylic acids is 1. The summed E-state index contributed by atoms with van der Waals surface area (Å²) in [6.07, 6.45) is 0.819. The highest BCUT2D eigenvalue weighted by molar-refractivity contribution is 5.96. The summed E-state index contributed by atoms with van der Waals surface area (Å²) in [5, 5.41) is 14.3. The van der Waals surface area contributed by atoms with Crippen molar-refractivity contribution in [1.82, 2.24) is 10.3 Å². The second-order valence-corrected chi connectivity index (χ2v) is 4.06. The average molecular weight is 259 g/mol. The van der Waals surface area contributed by atoms with Gasteiger partial charge in [-0.15, -0.1) is 0 Å². The Morgan fingerprint density at radius 1 is 1.37 bits per heavy atom. The minimum Gasteiger partial charge on any atom is -0.351 e. The summed E-state index contributed by atoms with van der Waals surface area (Å²) in [5.41, 5.74) is 0.328. The van der Waals surface area contributed by atoms with Crippen LogP contribution >= 0.6 is 0 Å². The van der Waals surface area contributed by atoms with Gasteiger partial charge in [-0.25, -0.2) is 4.98 Å². The number of nitro groups is 1. The maximum Gasteiger partial charge on any atom is 0.295 e. The molecule has 1 amide bonds. The number of non-ortho nitro benzene ring substituents is 1. The van der Waals surface area contributed by atoms with Crippen LogP contribution in [0.1, 0.15) is 23.8 Å². The van der Waals surface area contributed by atoms with Crippen LogP contribution in [0.3, 0.4) is 0 Å². The average Bonchev–Trinajstić information content (AvgIpc) is 2.43. The van der Waals surface area contributed by atoms with Crippen LogP contribution in [0.25, 0.3) is 10.9 Å². The van der Waals surface area contributed by atoms with Crippen LogP contribution in [0.15, 0.2) is 30.3 Å². The summed E-state index contributed by atoms with van der Waals surface area (Å²) < 4.78 is 0. The monoisotopic (exact) mass is 259 g/mol. The summed E-state index contributed by atoms with van der Waals surface area (Å²) in [4.78, 5) is 26.3. The number of nitro benzene ring substituents is 1. The van der Waals surface area contributed by atoms with Crippen molar-refractivity contribution >= 4 is 22.5 Å². The van der Waals surface area contributed by atoms with Gasteiger partial charge in [-0.2, -0.15) is 0 Å². The lowest BCUT2D eigenvalue weighted by Gasteiger charge is -2.04. The molecular weight excluding hydrogens is 246 g/mol. The number of benzene rings is 1. The van der Waals surface area contributed by atoms with Crippen LogP contribution < -0.4 is 5.32 Å². The normalized spacial score (nSPS) is 10.4. The van der Waals surface area contributed by atoms with Crippen LogP contribution in [-0.2, 0) is 0 Å². The molecule has 0 atom stereocenters. The van der Waals surface area contributed by atoms with Crippen molar-refractivity contribution in [3.63, 3.8) is 0 Å². The Labute approximate surface area is 109 Å². The molecule has 0 aliphatic rings. The molecule has 0 fully saturated rings. The molecule has 2 aromatic rings. The lowest BCUT2D eigenvalue weighted by Crippen LogP contribution is -2.24. The Morgan fingerprint density at radius 3 is 2.84 bits per heavy atom. The quantitative estimate of drug-likeness (QED) is 0.674. The minimum absolute atomic E-state index is 0.0948. The first-order valence-electron chi connectivity index (χ1n) is 5.96. The number of hydrogen-bond acceptors (Lipinski definition) is 4. The first-order valence-corrected chi connectivity index (χ1v) is 5.96. The van der Waals surface area contributed by atoms with Crippen molar-refractivity contribution in [2.24, 2.45) is 0 Å². The van der Waals surface area contributed by atoms with Crippen LogP contribution in [0, 0.1) is 10.1 Å². The third kappa shape index (κ3) is 2.67. The van der Waals surface area contributed by atoms with Gasteiger partial charge in [0.05, 0.1) is 4.92 Å². The highest BCUT2D eigenvalue weighted by Gasteiger charge is 2.15. The van der Waals surface area contributed by atoms with Crippen LogP contribution in [0.5, 0.6) is 0 Å². The molecule has 0 radical (unpaired) electrons. The van der Waals surface area contributed by atoms with Gasteiger partial charge in [0.1, 0.15) is 11.2 Å². The van der Waals surface area contributed by atoms with Crippen LogP contribution in [-0.4, -0.2) is 22.4 Å². The van der Waals surface area contributed by atoms with E-state index in [4.69, 9.17) is 0 Å². The van der Waals surface area contributed by atoms with Gasteiger partial charge < -0.3 is 5.32 Å². The number of nitrogens with one attached hydrogen (secondary N) is 1. The lowest BCUT2D eigenvalue weighted by molar-refractivity contribution is -0.383. The smallest absolute Gasteiger partial charge is 0.295 e. The third-order valence-electron chi connectivity index (χ3n) is 2.66. The number of nitrogens with zero attached hydrogens (tertiary/aromatic N) is 2. The Morgan fingerprint density at radius 2 is 2.16 bits per heavy atom. The predicted molar refractivity (Wildman–Crippen MR) is 71.0 cm³/mol. The second kappa shape index (κ2) is 5.43. The molecule has 6 nitrogen and oxygen atoms in total. The highest BCUT2D eigenvalue weighted by Crippen LogP contribution is 2.23. The van der Waals surface area contributed by atoms with Crippen molar-refractivity contribution in [1.29, 1.82) is 0 Å². The number of aromatic nitrogens is 1. The molecular formula is C13H13N3O3. The van der Waals surface area contributed by atoms with Crippen molar-refractivity contribution in [2.75, 3.05) is 6.54 Å². The SMILES string of the molecule is CCCNC(=O)c1ccc2cccc([N+](=O)[O-])c2n1. The molecule has 2 rings (SSSR count). The van der Waals surface area contributed by atoms with Gasteiger partial charge in [-0.05, 0) is 12.5 Å². The van der Waals surface area contributed by atoms with Gasteiger partial charge in [0.15, 0.2) is 0 Å². The van der Waals surface area contributed by atoms with E-state index >= 15 is 0 Å². The minimum atomic E-state index is -0.497. The second-order valence-electron chi connectivity index (χ2n) is 4.06. The number of fused-ring (bicyclic) bond motifs is 1. The summed E-state index contributed by atoms with van der Waals surface area (Å²) in [7, 11) is 0. The standard InChI is InChI=1S/C13H13N3O3/c1-2-8-14-13(17)10-7-6-9-4-3-5-11(16(18)19)12(9)15-10/h3-7H,2,8H2,1H3,(H,14,17). The Hall–Kier alpha value is -2.50. The van der Waals surface area contributed by atoms with E-state index in [1.54, 1.807) is 24.3 Å². The van der Waals surface area contributed by atoms with Crippen molar-refractivity contribution in [3.8, 4) is 0 Å². The van der Waals surface area contributed by atoms with Crippen molar-refractivity contribution in [3.05, 3.63) is 46.1 Å². The van der Waals surface area contributed by atoms with E-state index in [2.05, 4.69) is 10.3 Å². The largest absolute Gasteiger partial charge is 0.351 e. The predicted octanol–water partition coefficient (Wildman–Crippen LogP) is 2.28. The number of hydrogen-bond donors (Lipinski definition) is 1. The molecule has 1 aromatic carbocycles. The van der Waals surface area contributed by atoms with Crippen LogP contribution in [0.2, 0.25) is 0 Å². The summed E-state index contributed by atoms with van der Waals surface area (Å²) in [5.74, 6) is -0.318. The van der Waals surface area contributed by atoms with Gasteiger partial charge >= 0.3 is 0 Å². The van der Waals surface area contributed by atoms with Gasteiger partial charge in [0, 0.05) is 18.0 Å². The Kier molecular flexibility index (Phi) is 3.70. The molecule has 1 N–H and O–H groups in total. The molecule has 98 valence electrons. The molecule has 1 aromatic heterocycles. The molecule has 0 aliphatic heterocycles. The Bertz CT molecular complexity index is 640. The molecule has 6 heteroatoms. The summed E-state index contributed by atoms with van der Waals surface area (Å²) >= 11 is 0. The van der Waals surface area contributed by atoms with E-state index in [9.17, 15) is 14.9 Å². The molecule has 0 aliphatic carbocycles. The molecule has 19 heavy (non-hydrogen) atoms. The molecule has 0 saturated heterocycles. The Balaban J connectivity index is 2.46. The maximum absolute atomic E-state index is 11.8.